The van der Waals surface area contributed by atoms with Gasteiger partial charge in [0, 0.05) is 11.8 Å². The van der Waals surface area contributed by atoms with E-state index in [0.29, 0.717) is 4.68 Å². The third-order valence-electron chi connectivity index (χ3n) is 2.50. The summed E-state index contributed by atoms with van der Waals surface area (Å²) < 4.78 is 50.5. The molecular formula is C12H8F4N2O2. The number of aromatic carboxylic acids is 1. The normalized spacial score (nSPS) is 11.6. The largest absolute Gasteiger partial charge is 0.478 e. The molecule has 0 unspecified atom stereocenters. The Bertz CT molecular complexity index is 649. The molecule has 106 valence electrons. The number of aromatic nitrogens is 2. The van der Waals surface area contributed by atoms with Crippen molar-refractivity contribution in [2.45, 2.75) is 12.7 Å². The predicted molar refractivity (Wildman–Crippen MR) is 60.6 cm³/mol. The Labute approximate surface area is 110 Å². The summed E-state index contributed by atoms with van der Waals surface area (Å²) in [6.45, 7) is -1.25. The molecule has 20 heavy (non-hydrogen) atoms. The van der Waals surface area contributed by atoms with E-state index < -0.39 is 30.1 Å². The smallest absolute Gasteiger partial charge is 0.408 e. The minimum absolute atomic E-state index is 0.275. The van der Waals surface area contributed by atoms with E-state index in [9.17, 15) is 22.4 Å². The molecule has 0 atom stereocenters. The van der Waals surface area contributed by atoms with Gasteiger partial charge in [-0.1, -0.05) is 6.07 Å². The SMILES string of the molecule is O=C(O)c1cc(-c2cnn(CC(F)(F)F)c2)ccc1F. The van der Waals surface area contributed by atoms with Crippen LogP contribution in [0.3, 0.4) is 0 Å². The van der Waals surface area contributed by atoms with Gasteiger partial charge < -0.3 is 5.11 Å². The number of nitrogens with zero attached hydrogens (tertiary/aromatic N) is 2. The Morgan fingerprint density at radius 3 is 2.60 bits per heavy atom. The van der Waals surface area contributed by atoms with Gasteiger partial charge in [0.05, 0.1) is 11.8 Å². The molecule has 0 amide bonds. The number of rotatable bonds is 3. The number of benzene rings is 1. The van der Waals surface area contributed by atoms with E-state index in [-0.39, 0.29) is 11.1 Å². The van der Waals surface area contributed by atoms with Crippen molar-refractivity contribution in [3.63, 3.8) is 0 Å². The molecule has 1 heterocycles. The molecule has 0 aliphatic carbocycles. The van der Waals surface area contributed by atoms with E-state index >= 15 is 0 Å². The van der Waals surface area contributed by atoms with Crippen LogP contribution in [0.2, 0.25) is 0 Å². The molecule has 0 bridgehead atoms. The minimum atomic E-state index is -4.40. The van der Waals surface area contributed by atoms with Gasteiger partial charge in [0.25, 0.3) is 0 Å². The second-order valence-corrected chi connectivity index (χ2v) is 4.04. The first-order valence-electron chi connectivity index (χ1n) is 5.39. The first-order valence-corrected chi connectivity index (χ1v) is 5.39. The summed E-state index contributed by atoms with van der Waals surface area (Å²) in [6, 6.07) is 3.27. The lowest BCUT2D eigenvalue weighted by atomic mass is 10.1. The van der Waals surface area contributed by atoms with Gasteiger partial charge in [0.15, 0.2) is 0 Å². The van der Waals surface area contributed by atoms with Crippen LogP contribution >= 0.6 is 0 Å². The summed E-state index contributed by atoms with van der Waals surface area (Å²) in [7, 11) is 0. The monoisotopic (exact) mass is 288 g/mol. The second-order valence-electron chi connectivity index (χ2n) is 4.04. The molecule has 4 nitrogen and oxygen atoms in total. The molecule has 2 aromatic rings. The topological polar surface area (TPSA) is 55.1 Å². The van der Waals surface area contributed by atoms with Crippen molar-refractivity contribution in [3.8, 4) is 11.1 Å². The highest BCUT2D eigenvalue weighted by atomic mass is 19.4. The third-order valence-corrected chi connectivity index (χ3v) is 2.50. The lowest BCUT2D eigenvalue weighted by Gasteiger charge is -2.05. The highest BCUT2D eigenvalue weighted by Gasteiger charge is 2.28. The molecule has 1 N–H and O–H groups in total. The number of alkyl halides is 3. The van der Waals surface area contributed by atoms with Crippen LogP contribution in [0.15, 0.2) is 30.6 Å². The Balaban J connectivity index is 2.33. The van der Waals surface area contributed by atoms with Crippen LogP contribution in [-0.2, 0) is 6.54 Å². The number of carboxylic acids is 1. The summed E-state index contributed by atoms with van der Waals surface area (Å²) in [5, 5.41) is 12.3. The van der Waals surface area contributed by atoms with Crippen LogP contribution in [-0.4, -0.2) is 27.0 Å². The van der Waals surface area contributed by atoms with Crippen LogP contribution in [0.25, 0.3) is 11.1 Å². The van der Waals surface area contributed by atoms with Crippen LogP contribution in [0.4, 0.5) is 17.6 Å². The van der Waals surface area contributed by atoms with E-state index in [0.717, 1.165) is 24.5 Å². The molecule has 8 heteroatoms. The zero-order valence-corrected chi connectivity index (χ0v) is 9.86. The molecule has 1 aromatic heterocycles. The van der Waals surface area contributed by atoms with Crippen molar-refractivity contribution in [1.82, 2.24) is 9.78 Å². The lowest BCUT2D eigenvalue weighted by Crippen LogP contribution is -2.17. The van der Waals surface area contributed by atoms with Gasteiger partial charge in [-0.3, -0.25) is 4.68 Å². The Hall–Kier alpha value is -2.38. The summed E-state index contributed by atoms with van der Waals surface area (Å²) in [4.78, 5) is 10.8. The fourth-order valence-electron chi connectivity index (χ4n) is 1.65. The first kappa shape index (κ1) is 14.0. The Morgan fingerprint density at radius 2 is 2.00 bits per heavy atom. The lowest BCUT2D eigenvalue weighted by molar-refractivity contribution is -0.142. The first-order chi connectivity index (χ1) is 9.26. The Morgan fingerprint density at radius 1 is 1.30 bits per heavy atom. The Kier molecular flexibility index (Phi) is 3.47. The average molecular weight is 288 g/mol. The fourth-order valence-corrected chi connectivity index (χ4v) is 1.65. The van der Waals surface area contributed by atoms with Crippen LogP contribution < -0.4 is 0 Å². The molecule has 0 spiro atoms. The molecule has 0 fully saturated rings. The van der Waals surface area contributed by atoms with Gasteiger partial charge in [-0.15, -0.1) is 0 Å². The fraction of sp³-hybridized carbons (Fsp3) is 0.167. The van der Waals surface area contributed by atoms with E-state index in [1.807, 2.05) is 0 Å². The minimum Gasteiger partial charge on any atom is -0.478 e. The zero-order chi connectivity index (χ0) is 14.9. The number of carboxylic acid groups (broad SMARTS) is 1. The van der Waals surface area contributed by atoms with Gasteiger partial charge in [0.2, 0.25) is 0 Å². The van der Waals surface area contributed by atoms with E-state index in [1.165, 1.54) is 6.07 Å². The van der Waals surface area contributed by atoms with Gasteiger partial charge in [-0.25, -0.2) is 9.18 Å². The van der Waals surface area contributed by atoms with Crippen molar-refractivity contribution in [3.05, 3.63) is 42.0 Å². The second kappa shape index (κ2) is 4.95. The van der Waals surface area contributed by atoms with Gasteiger partial charge in [0.1, 0.15) is 12.4 Å². The van der Waals surface area contributed by atoms with E-state index in [2.05, 4.69) is 5.10 Å². The third kappa shape index (κ3) is 3.14. The maximum Gasteiger partial charge on any atom is 0.408 e. The van der Waals surface area contributed by atoms with Gasteiger partial charge in [-0.2, -0.15) is 18.3 Å². The quantitative estimate of drug-likeness (QED) is 0.883. The average Bonchev–Trinajstić information content (AvgIpc) is 2.75. The van der Waals surface area contributed by atoms with E-state index in [1.54, 1.807) is 0 Å². The highest BCUT2D eigenvalue weighted by Crippen LogP contribution is 2.23. The highest BCUT2D eigenvalue weighted by molar-refractivity contribution is 5.89. The van der Waals surface area contributed by atoms with Crippen molar-refractivity contribution in [2.24, 2.45) is 0 Å². The summed E-state index contributed by atoms with van der Waals surface area (Å²) >= 11 is 0. The summed E-state index contributed by atoms with van der Waals surface area (Å²) in [6.07, 6.45) is -2.13. The number of halogens is 4. The number of hydrogen-bond acceptors (Lipinski definition) is 2. The molecule has 0 aliphatic rings. The number of carbonyl (C=O) groups is 1. The molecule has 0 radical (unpaired) electrons. The van der Waals surface area contributed by atoms with Crippen LogP contribution in [0.1, 0.15) is 10.4 Å². The molecule has 2 rings (SSSR count). The van der Waals surface area contributed by atoms with Crippen LogP contribution in [0.5, 0.6) is 0 Å². The summed E-state index contributed by atoms with van der Waals surface area (Å²) in [5.41, 5.74) is 0.0000425. The maximum absolute atomic E-state index is 13.2. The predicted octanol–water partition coefficient (Wildman–Crippen LogP) is 2.95. The van der Waals surface area contributed by atoms with Crippen molar-refractivity contribution >= 4 is 5.97 Å². The van der Waals surface area contributed by atoms with Crippen LogP contribution in [0, 0.1) is 5.82 Å². The number of hydrogen-bond donors (Lipinski definition) is 1. The van der Waals surface area contributed by atoms with Gasteiger partial charge in [-0.05, 0) is 17.7 Å². The van der Waals surface area contributed by atoms with Crippen molar-refractivity contribution in [2.75, 3.05) is 0 Å². The standard InChI is InChI=1S/C12H8F4N2O2/c13-10-2-1-7(3-9(10)11(19)20)8-4-17-18(5-8)6-12(14,15)16/h1-5H,6H2,(H,19,20). The molecule has 0 aliphatic heterocycles. The van der Waals surface area contributed by atoms with Gasteiger partial charge >= 0.3 is 12.1 Å². The van der Waals surface area contributed by atoms with Crippen molar-refractivity contribution in [1.29, 1.82) is 0 Å². The summed E-state index contributed by atoms with van der Waals surface area (Å²) in [5.74, 6) is -2.36. The van der Waals surface area contributed by atoms with Crippen molar-refractivity contribution < 1.29 is 27.5 Å². The maximum atomic E-state index is 13.2. The molecular weight excluding hydrogens is 280 g/mol. The molecule has 0 saturated carbocycles. The zero-order valence-electron chi connectivity index (χ0n) is 9.86. The molecule has 1 aromatic carbocycles. The van der Waals surface area contributed by atoms with E-state index in [4.69, 9.17) is 5.11 Å². The molecule has 0 saturated heterocycles.